The summed E-state index contributed by atoms with van der Waals surface area (Å²) in [4.78, 5) is 29.5. The number of ether oxygens (including phenoxy) is 2. The molecule has 0 radical (unpaired) electrons. The predicted molar refractivity (Wildman–Crippen MR) is 123 cm³/mol. The predicted octanol–water partition coefficient (Wildman–Crippen LogP) is 3.53. The molecule has 166 valence electrons. The van der Waals surface area contributed by atoms with Gasteiger partial charge in [-0.05, 0) is 36.6 Å². The Morgan fingerprint density at radius 3 is 2.38 bits per heavy atom. The van der Waals surface area contributed by atoms with Crippen molar-refractivity contribution in [3.63, 3.8) is 0 Å². The summed E-state index contributed by atoms with van der Waals surface area (Å²) in [6.07, 6.45) is 2.36. The molecule has 0 atom stereocenters. The topological polar surface area (TPSA) is 89.6 Å². The number of benzene rings is 2. The van der Waals surface area contributed by atoms with Gasteiger partial charge in [-0.1, -0.05) is 48.5 Å². The third kappa shape index (κ3) is 6.31. The molecule has 7 nitrogen and oxygen atoms in total. The number of aromatic nitrogens is 1. The zero-order valence-corrected chi connectivity index (χ0v) is 18.3. The van der Waals surface area contributed by atoms with E-state index in [4.69, 9.17) is 9.47 Å². The molecule has 0 bridgehead atoms. The second-order valence-electron chi connectivity index (χ2n) is 7.15. The van der Waals surface area contributed by atoms with Gasteiger partial charge in [-0.15, -0.1) is 0 Å². The SMILES string of the molecule is CNc1ncc(C)c(COC(=O)COc2ccccc2)c1C(=O)NCCc1ccccc1. The summed E-state index contributed by atoms with van der Waals surface area (Å²) in [5.74, 6) is 0.222. The number of hydrogen-bond acceptors (Lipinski definition) is 6. The van der Waals surface area contributed by atoms with Crippen LogP contribution in [0, 0.1) is 6.92 Å². The third-order valence-corrected chi connectivity index (χ3v) is 4.89. The molecule has 1 heterocycles. The van der Waals surface area contributed by atoms with E-state index < -0.39 is 5.97 Å². The van der Waals surface area contributed by atoms with Crippen LogP contribution in [-0.2, 0) is 22.6 Å². The second-order valence-corrected chi connectivity index (χ2v) is 7.15. The fourth-order valence-electron chi connectivity index (χ4n) is 3.17. The van der Waals surface area contributed by atoms with Crippen LogP contribution in [0.4, 0.5) is 5.82 Å². The minimum atomic E-state index is -0.522. The Hall–Kier alpha value is -3.87. The fraction of sp³-hybridized carbons (Fsp3) is 0.240. The molecule has 3 aromatic rings. The van der Waals surface area contributed by atoms with E-state index in [1.165, 1.54) is 0 Å². The number of carbonyl (C=O) groups excluding carboxylic acids is 2. The summed E-state index contributed by atoms with van der Waals surface area (Å²) < 4.78 is 10.8. The van der Waals surface area contributed by atoms with Gasteiger partial charge in [0.2, 0.25) is 0 Å². The lowest BCUT2D eigenvalue weighted by atomic mass is 10.0. The molecule has 0 unspecified atom stereocenters. The number of rotatable bonds is 10. The molecule has 0 fully saturated rings. The number of carbonyl (C=O) groups is 2. The van der Waals surface area contributed by atoms with Gasteiger partial charge in [-0.3, -0.25) is 4.79 Å². The maximum absolute atomic E-state index is 13.0. The first-order valence-corrected chi connectivity index (χ1v) is 10.4. The van der Waals surface area contributed by atoms with Crippen LogP contribution in [0.25, 0.3) is 0 Å². The number of pyridine rings is 1. The maximum Gasteiger partial charge on any atom is 0.344 e. The van der Waals surface area contributed by atoms with Crippen LogP contribution < -0.4 is 15.4 Å². The number of amides is 1. The molecular formula is C25H27N3O4. The summed E-state index contributed by atoms with van der Waals surface area (Å²) >= 11 is 0. The number of hydrogen-bond donors (Lipinski definition) is 2. The monoisotopic (exact) mass is 433 g/mol. The van der Waals surface area contributed by atoms with Crippen LogP contribution in [-0.4, -0.2) is 37.1 Å². The first-order chi connectivity index (χ1) is 15.6. The van der Waals surface area contributed by atoms with Crippen LogP contribution in [0.1, 0.15) is 27.0 Å². The highest BCUT2D eigenvalue weighted by Gasteiger charge is 2.20. The van der Waals surface area contributed by atoms with Crippen molar-refractivity contribution in [1.29, 1.82) is 0 Å². The van der Waals surface area contributed by atoms with Gasteiger partial charge in [0.25, 0.3) is 5.91 Å². The van der Waals surface area contributed by atoms with Crippen molar-refractivity contribution >= 4 is 17.7 Å². The molecule has 0 aliphatic heterocycles. The Balaban J connectivity index is 1.64. The first-order valence-electron chi connectivity index (χ1n) is 10.4. The number of aryl methyl sites for hydroxylation is 1. The largest absolute Gasteiger partial charge is 0.482 e. The molecule has 0 aliphatic carbocycles. The van der Waals surface area contributed by atoms with E-state index in [0.29, 0.717) is 35.7 Å². The van der Waals surface area contributed by atoms with Gasteiger partial charge in [0, 0.05) is 25.4 Å². The molecule has 0 aliphatic rings. The Morgan fingerprint density at radius 2 is 1.69 bits per heavy atom. The second kappa shape index (κ2) is 11.5. The molecule has 1 amide bonds. The van der Waals surface area contributed by atoms with E-state index in [1.807, 2.05) is 55.5 Å². The summed E-state index contributed by atoms with van der Waals surface area (Å²) in [5, 5.41) is 5.89. The molecule has 0 saturated heterocycles. The standard InChI is InChI=1S/C25H27N3O4/c1-18-15-28-24(26-2)23(25(30)27-14-13-19-9-5-3-6-10-19)21(18)16-32-22(29)17-31-20-11-7-4-8-12-20/h3-12,15H,13-14,16-17H2,1-2H3,(H,26,28)(H,27,30). The van der Waals surface area contributed by atoms with Gasteiger partial charge < -0.3 is 20.1 Å². The zero-order valence-electron chi connectivity index (χ0n) is 18.3. The lowest BCUT2D eigenvalue weighted by Crippen LogP contribution is -2.28. The summed E-state index contributed by atoms with van der Waals surface area (Å²) in [6, 6.07) is 19.0. The van der Waals surface area contributed by atoms with Gasteiger partial charge in [0.05, 0.1) is 5.56 Å². The normalized spacial score (nSPS) is 10.3. The molecule has 32 heavy (non-hydrogen) atoms. The van der Waals surface area contributed by atoms with Gasteiger partial charge >= 0.3 is 5.97 Å². The first kappa shape index (κ1) is 22.8. The van der Waals surface area contributed by atoms with E-state index in [1.54, 1.807) is 25.4 Å². The number of nitrogens with zero attached hydrogens (tertiary/aromatic N) is 1. The van der Waals surface area contributed by atoms with E-state index in [0.717, 1.165) is 11.1 Å². The number of esters is 1. The van der Waals surface area contributed by atoms with E-state index in [9.17, 15) is 9.59 Å². The molecule has 2 N–H and O–H groups in total. The van der Waals surface area contributed by atoms with E-state index in [2.05, 4.69) is 15.6 Å². The summed E-state index contributed by atoms with van der Waals surface area (Å²) in [6.45, 7) is 2.04. The van der Waals surface area contributed by atoms with E-state index >= 15 is 0 Å². The lowest BCUT2D eigenvalue weighted by molar-refractivity contribution is -0.147. The number of anilines is 1. The van der Waals surface area contributed by atoms with Crippen LogP contribution in [0.3, 0.4) is 0 Å². The smallest absolute Gasteiger partial charge is 0.344 e. The lowest BCUT2D eigenvalue weighted by Gasteiger charge is -2.16. The van der Waals surface area contributed by atoms with Gasteiger partial charge in [-0.2, -0.15) is 0 Å². The minimum Gasteiger partial charge on any atom is -0.482 e. The molecular weight excluding hydrogens is 406 g/mol. The van der Waals surface area contributed by atoms with Gasteiger partial charge in [0.1, 0.15) is 18.2 Å². The highest BCUT2D eigenvalue weighted by atomic mass is 16.6. The molecule has 2 aromatic carbocycles. The van der Waals surface area contributed by atoms with Crippen LogP contribution >= 0.6 is 0 Å². The van der Waals surface area contributed by atoms with Crippen molar-refractivity contribution in [3.8, 4) is 5.75 Å². The van der Waals surface area contributed by atoms with Crippen molar-refractivity contribution < 1.29 is 19.1 Å². The molecule has 0 spiro atoms. The summed E-state index contributed by atoms with van der Waals surface area (Å²) in [7, 11) is 1.70. The Bertz CT molecular complexity index is 1040. The highest BCUT2D eigenvalue weighted by Crippen LogP contribution is 2.22. The quantitative estimate of drug-likeness (QED) is 0.476. The van der Waals surface area contributed by atoms with Crippen molar-refractivity contribution in [1.82, 2.24) is 10.3 Å². The van der Waals surface area contributed by atoms with Crippen LogP contribution in [0.5, 0.6) is 5.75 Å². The average molecular weight is 434 g/mol. The summed E-state index contributed by atoms with van der Waals surface area (Å²) in [5.41, 5.74) is 2.87. The zero-order chi connectivity index (χ0) is 22.8. The van der Waals surface area contributed by atoms with Crippen molar-refractivity contribution in [2.75, 3.05) is 25.5 Å². The molecule has 1 aromatic heterocycles. The van der Waals surface area contributed by atoms with Crippen molar-refractivity contribution in [2.24, 2.45) is 0 Å². The minimum absolute atomic E-state index is 0.0541. The van der Waals surface area contributed by atoms with Crippen LogP contribution in [0.15, 0.2) is 66.9 Å². The van der Waals surface area contributed by atoms with Crippen molar-refractivity contribution in [2.45, 2.75) is 20.0 Å². The third-order valence-electron chi connectivity index (χ3n) is 4.89. The Labute approximate surface area is 187 Å². The van der Waals surface area contributed by atoms with E-state index in [-0.39, 0.29) is 19.1 Å². The van der Waals surface area contributed by atoms with Gasteiger partial charge in [-0.25, -0.2) is 9.78 Å². The van der Waals surface area contributed by atoms with Gasteiger partial charge in [0.15, 0.2) is 6.61 Å². The fourth-order valence-corrected chi connectivity index (χ4v) is 3.17. The molecule has 3 rings (SSSR count). The Morgan fingerprint density at radius 1 is 1.00 bits per heavy atom. The maximum atomic E-state index is 13.0. The Kier molecular flexibility index (Phi) is 8.20. The number of para-hydroxylation sites is 1. The molecule has 0 saturated carbocycles. The average Bonchev–Trinajstić information content (AvgIpc) is 2.83. The highest BCUT2D eigenvalue weighted by molar-refractivity contribution is 6.00. The number of nitrogens with one attached hydrogen (secondary N) is 2. The molecule has 7 heteroatoms. The van der Waals surface area contributed by atoms with Crippen LogP contribution in [0.2, 0.25) is 0 Å². The van der Waals surface area contributed by atoms with Crippen molar-refractivity contribution in [3.05, 3.63) is 89.1 Å².